The summed E-state index contributed by atoms with van der Waals surface area (Å²) in [6.07, 6.45) is 2.61. The van der Waals surface area contributed by atoms with Crippen LogP contribution in [-0.2, 0) is 9.53 Å². The van der Waals surface area contributed by atoms with Gasteiger partial charge in [-0.05, 0) is 31.2 Å². The van der Waals surface area contributed by atoms with E-state index in [1.807, 2.05) is 53.1 Å². The van der Waals surface area contributed by atoms with Crippen LogP contribution in [0.3, 0.4) is 0 Å². The van der Waals surface area contributed by atoms with Gasteiger partial charge in [0.25, 0.3) is 5.91 Å². The Bertz CT molecular complexity index is 899. The summed E-state index contributed by atoms with van der Waals surface area (Å²) in [5, 5.41) is 0. The molecule has 0 N–H and O–H groups in total. The van der Waals surface area contributed by atoms with Gasteiger partial charge in [0, 0.05) is 56.8 Å². The number of para-hydroxylation sites is 1. The number of morpholine rings is 1. The van der Waals surface area contributed by atoms with Crippen LogP contribution < -0.4 is 4.74 Å². The van der Waals surface area contributed by atoms with E-state index in [0.29, 0.717) is 57.8 Å². The van der Waals surface area contributed by atoms with Crippen LogP contribution in [0.2, 0.25) is 0 Å². The normalized spacial score (nSPS) is 21.6. The highest BCUT2D eigenvalue weighted by Crippen LogP contribution is 2.27. The number of likely N-dealkylation sites (tertiary alicyclic amines) is 1. The molecule has 2 aromatic rings. The number of aromatic nitrogens is 1. The van der Waals surface area contributed by atoms with Crippen molar-refractivity contribution in [2.24, 2.45) is 5.92 Å². The largest absolute Gasteiger partial charge is 0.490 e. The lowest BCUT2D eigenvalue weighted by Gasteiger charge is -2.39. The van der Waals surface area contributed by atoms with Crippen molar-refractivity contribution in [3.63, 3.8) is 0 Å². The number of amides is 2. The molecule has 2 aliphatic heterocycles. The van der Waals surface area contributed by atoms with Gasteiger partial charge in [-0.1, -0.05) is 18.2 Å². The minimum atomic E-state index is -0.119. The summed E-state index contributed by atoms with van der Waals surface area (Å²) >= 11 is 0. The predicted octanol–water partition coefficient (Wildman–Crippen LogP) is 2.55. The maximum absolute atomic E-state index is 13.2. The summed E-state index contributed by atoms with van der Waals surface area (Å²) in [6.45, 7) is 5.31. The maximum Gasteiger partial charge on any atom is 0.255 e. The molecule has 1 aromatic carbocycles. The van der Waals surface area contributed by atoms with Crippen molar-refractivity contribution in [3.8, 4) is 5.75 Å². The smallest absolute Gasteiger partial charge is 0.255 e. The number of rotatable bonds is 5. The summed E-state index contributed by atoms with van der Waals surface area (Å²) in [6, 6.07) is 13.3. The maximum atomic E-state index is 13.2. The number of nitrogens with zero attached hydrogens (tertiary/aromatic N) is 3. The molecule has 3 heterocycles. The number of hydrogen-bond donors (Lipinski definition) is 0. The molecular formula is C24H29N3O4. The van der Waals surface area contributed by atoms with Crippen molar-refractivity contribution in [1.82, 2.24) is 14.8 Å². The van der Waals surface area contributed by atoms with Crippen LogP contribution in [0, 0.1) is 12.8 Å². The second-order valence-corrected chi connectivity index (χ2v) is 8.10. The van der Waals surface area contributed by atoms with Crippen molar-refractivity contribution in [2.45, 2.75) is 25.9 Å². The van der Waals surface area contributed by atoms with Gasteiger partial charge in [-0.3, -0.25) is 14.6 Å². The lowest BCUT2D eigenvalue weighted by Crippen LogP contribution is -2.50. The van der Waals surface area contributed by atoms with Gasteiger partial charge in [-0.2, -0.15) is 0 Å². The second kappa shape index (κ2) is 9.92. The number of pyridine rings is 1. The van der Waals surface area contributed by atoms with Gasteiger partial charge < -0.3 is 19.3 Å². The van der Waals surface area contributed by atoms with E-state index >= 15 is 0 Å². The lowest BCUT2D eigenvalue weighted by atomic mass is 9.90. The molecular weight excluding hydrogens is 394 g/mol. The van der Waals surface area contributed by atoms with Gasteiger partial charge in [0.2, 0.25) is 5.91 Å². The van der Waals surface area contributed by atoms with Gasteiger partial charge in [0.15, 0.2) is 0 Å². The molecule has 0 aliphatic carbocycles. The van der Waals surface area contributed by atoms with Crippen molar-refractivity contribution in [2.75, 3.05) is 39.4 Å². The number of aryl methyl sites for hydroxylation is 1. The van der Waals surface area contributed by atoms with Crippen LogP contribution in [0.5, 0.6) is 5.75 Å². The Morgan fingerprint density at radius 3 is 2.58 bits per heavy atom. The number of piperidine rings is 1. The van der Waals surface area contributed by atoms with Crippen LogP contribution in [0.15, 0.2) is 48.7 Å². The fourth-order valence-electron chi connectivity index (χ4n) is 4.27. The van der Waals surface area contributed by atoms with Crippen LogP contribution in [0.1, 0.15) is 28.9 Å². The zero-order valence-corrected chi connectivity index (χ0v) is 17.9. The summed E-state index contributed by atoms with van der Waals surface area (Å²) in [4.78, 5) is 34.1. The highest BCUT2D eigenvalue weighted by atomic mass is 16.5. The number of carbonyl (C=O) groups excluding carboxylic acids is 2. The highest BCUT2D eigenvalue weighted by molar-refractivity contribution is 5.95. The molecule has 2 saturated heterocycles. The third-order valence-electron chi connectivity index (χ3n) is 6.02. The first-order chi connectivity index (χ1) is 15.1. The van der Waals surface area contributed by atoms with E-state index in [0.717, 1.165) is 11.4 Å². The Morgan fingerprint density at radius 1 is 1.06 bits per heavy atom. The first-order valence-electron chi connectivity index (χ1n) is 10.9. The molecule has 4 rings (SSSR count). The Balaban J connectivity index is 1.49. The number of hydrogen-bond acceptors (Lipinski definition) is 5. The van der Waals surface area contributed by atoms with Crippen molar-refractivity contribution in [3.05, 3.63) is 59.9 Å². The number of carbonyl (C=O) groups is 2. The molecule has 2 atom stereocenters. The highest BCUT2D eigenvalue weighted by Gasteiger charge is 2.36. The molecule has 0 spiro atoms. The monoisotopic (exact) mass is 423 g/mol. The molecule has 164 valence electrons. The van der Waals surface area contributed by atoms with Gasteiger partial charge >= 0.3 is 0 Å². The van der Waals surface area contributed by atoms with Gasteiger partial charge in [0.05, 0.1) is 18.8 Å². The summed E-state index contributed by atoms with van der Waals surface area (Å²) < 4.78 is 11.6. The molecule has 0 saturated carbocycles. The Labute approximate surface area is 183 Å². The van der Waals surface area contributed by atoms with E-state index in [2.05, 4.69) is 4.98 Å². The molecule has 7 nitrogen and oxygen atoms in total. The molecule has 2 aliphatic rings. The van der Waals surface area contributed by atoms with E-state index in [9.17, 15) is 9.59 Å². The van der Waals surface area contributed by atoms with Gasteiger partial charge in [-0.25, -0.2) is 0 Å². The van der Waals surface area contributed by atoms with E-state index in [1.54, 1.807) is 12.3 Å². The Kier molecular flexibility index (Phi) is 6.82. The van der Waals surface area contributed by atoms with Crippen LogP contribution in [-0.4, -0.2) is 72.1 Å². The molecule has 31 heavy (non-hydrogen) atoms. The minimum Gasteiger partial charge on any atom is -0.490 e. The fraction of sp³-hybridized carbons (Fsp3) is 0.458. The molecule has 1 aromatic heterocycles. The minimum absolute atomic E-state index is 0.0346. The summed E-state index contributed by atoms with van der Waals surface area (Å²) in [5.74, 6) is 0.777. The van der Waals surface area contributed by atoms with E-state index in [1.165, 1.54) is 0 Å². The molecule has 7 heteroatoms. The second-order valence-electron chi connectivity index (χ2n) is 8.10. The van der Waals surface area contributed by atoms with E-state index in [4.69, 9.17) is 9.47 Å². The van der Waals surface area contributed by atoms with Gasteiger partial charge in [-0.15, -0.1) is 0 Å². The van der Waals surface area contributed by atoms with Crippen LogP contribution >= 0.6 is 0 Å². The summed E-state index contributed by atoms with van der Waals surface area (Å²) in [5.41, 5.74) is 1.33. The SMILES string of the molecule is Cc1ncccc1C(=O)N1CC[C@H](Oc2ccccc2)[C@@H](CC(=O)N2CCOCC2)C1. The van der Waals surface area contributed by atoms with Gasteiger partial charge in [0.1, 0.15) is 11.9 Å². The molecule has 0 unspecified atom stereocenters. The Morgan fingerprint density at radius 2 is 1.84 bits per heavy atom. The number of ether oxygens (including phenoxy) is 2. The third-order valence-corrected chi connectivity index (χ3v) is 6.02. The summed E-state index contributed by atoms with van der Waals surface area (Å²) in [7, 11) is 0. The van der Waals surface area contributed by atoms with E-state index < -0.39 is 0 Å². The molecule has 0 bridgehead atoms. The Hall–Kier alpha value is -2.93. The molecule has 0 radical (unpaired) electrons. The zero-order valence-electron chi connectivity index (χ0n) is 17.9. The first kappa shape index (κ1) is 21.3. The number of benzene rings is 1. The van der Waals surface area contributed by atoms with Crippen LogP contribution in [0.4, 0.5) is 0 Å². The molecule has 2 amide bonds. The van der Waals surface area contributed by atoms with Crippen molar-refractivity contribution in [1.29, 1.82) is 0 Å². The van der Waals surface area contributed by atoms with E-state index in [-0.39, 0.29) is 23.8 Å². The quantitative estimate of drug-likeness (QED) is 0.739. The first-order valence-corrected chi connectivity index (χ1v) is 10.9. The molecule has 2 fully saturated rings. The average molecular weight is 424 g/mol. The average Bonchev–Trinajstić information content (AvgIpc) is 2.81. The van der Waals surface area contributed by atoms with Crippen molar-refractivity contribution < 1.29 is 19.1 Å². The predicted molar refractivity (Wildman–Crippen MR) is 116 cm³/mol. The fourth-order valence-corrected chi connectivity index (χ4v) is 4.27. The van der Waals surface area contributed by atoms with Crippen molar-refractivity contribution >= 4 is 11.8 Å². The standard InChI is InChI=1S/C24H29N3O4/c1-18-21(8-5-10-25-18)24(29)27-11-9-22(31-20-6-3-2-4-7-20)19(17-27)16-23(28)26-12-14-30-15-13-26/h2-8,10,19,22H,9,11-17H2,1H3/t19-,22-/m0/s1. The zero-order chi connectivity index (χ0) is 21.6. The third kappa shape index (κ3) is 5.22. The van der Waals surface area contributed by atoms with Crippen LogP contribution in [0.25, 0.3) is 0 Å². The lowest BCUT2D eigenvalue weighted by molar-refractivity contribution is -0.137. The topological polar surface area (TPSA) is 72.0 Å².